The fourth-order valence-corrected chi connectivity index (χ4v) is 3.51. The maximum Gasteiger partial charge on any atom is 0.167 e. The van der Waals surface area contributed by atoms with E-state index >= 15 is 0 Å². The maximum absolute atomic E-state index is 10.3. The molecule has 148 valence electrons. The highest BCUT2D eigenvalue weighted by Gasteiger charge is 2.44. The Morgan fingerprint density at radius 1 is 1.11 bits per heavy atom. The van der Waals surface area contributed by atoms with Crippen molar-refractivity contribution in [1.82, 2.24) is 19.5 Å². The van der Waals surface area contributed by atoms with Gasteiger partial charge in [0, 0.05) is 13.1 Å². The second kappa shape index (κ2) is 7.80. The molecule has 4 rings (SSSR count). The van der Waals surface area contributed by atoms with Gasteiger partial charge in [0.25, 0.3) is 0 Å². The van der Waals surface area contributed by atoms with Gasteiger partial charge in [-0.15, -0.1) is 0 Å². The third kappa shape index (κ3) is 3.22. The number of hydrogen-bond acceptors (Lipinski definition) is 8. The predicted molar refractivity (Wildman–Crippen MR) is 101 cm³/mol. The van der Waals surface area contributed by atoms with E-state index in [2.05, 4.69) is 32.0 Å². The van der Waals surface area contributed by atoms with Crippen LogP contribution in [0.25, 0.3) is 11.2 Å². The normalized spacial score (nSPS) is 24.7. The van der Waals surface area contributed by atoms with Crippen molar-refractivity contribution in [2.45, 2.75) is 38.0 Å². The lowest BCUT2D eigenvalue weighted by molar-refractivity contribution is -0.0511. The fraction of sp³-hybridized carbons (Fsp3) is 0.421. The Hall–Kier alpha value is -2.59. The van der Waals surface area contributed by atoms with Crippen LogP contribution in [0.1, 0.15) is 18.7 Å². The van der Waals surface area contributed by atoms with E-state index in [1.54, 1.807) is 4.57 Å². The topological polar surface area (TPSA) is 117 Å². The number of aliphatic hydroxyl groups excluding tert-OH is 3. The van der Waals surface area contributed by atoms with Gasteiger partial charge in [-0.05, 0) is 12.5 Å². The van der Waals surface area contributed by atoms with Crippen molar-refractivity contribution in [2.75, 3.05) is 18.1 Å². The van der Waals surface area contributed by atoms with Crippen molar-refractivity contribution < 1.29 is 20.1 Å². The first-order valence-corrected chi connectivity index (χ1v) is 9.23. The van der Waals surface area contributed by atoms with Crippen molar-refractivity contribution in [1.29, 1.82) is 0 Å². The molecule has 0 bridgehead atoms. The molecule has 3 aromatic rings. The molecule has 28 heavy (non-hydrogen) atoms. The number of fused-ring (bicyclic) bond motifs is 1. The van der Waals surface area contributed by atoms with Crippen LogP contribution >= 0.6 is 0 Å². The van der Waals surface area contributed by atoms with E-state index in [0.717, 1.165) is 12.1 Å². The molecule has 0 amide bonds. The summed E-state index contributed by atoms with van der Waals surface area (Å²) in [5.74, 6) is 0.682. The molecule has 1 aliphatic heterocycles. The van der Waals surface area contributed by atoms with Crippen molar-refractivity contribution >= 4 is 17.0 Å². The number of benzene rings is 1. The molecule has 1 saturated heterocycles. The molecular formula is C19H23N5O4. The van der Waals surface area contributed by atoms with Gasteiger partial charge < -0.3 is 25.0 Å². The summed E-state index contributed by atoms with van der Waals surface area (Å²) >= 11 is 0. The molecule has 4 atom stereocenters. The van der Waals surface area contributed by atoms with Gasteiger partial charge in [0.05, 0.1) is 12.9 Å². The molecule has 0 aliphatic carbocycles. The van der Waals surface area contributed by atoms with Crippen LogP contribution in [0, 0.1) is 0 Å². The fourth-order valence-electron chi connectivity index (χ4n) is 3.51. The Labute approximate surface area is 161 Å². The minimum absolute atomic E-state index is 0.387. The zero-order chi connectivity index (χ0) is 19.7. The SMILES string of the molecule is CCN(Cc1ccccc1)c1ncnc2c1ncn2[C@@H]1O[C@H](CO)[C@H](O)[C@@H]1O. The molecule has 0 saturated carbocycles. The third-order valence-corrected chi connectivity index (χ3v) is 5.03. The van der Waals surface area contributed by atoms with Crippen LogP contribution in [-0.4, -0.2) is 66.3 Å². The average molecular weight is 385 g/mol. The first-order chi connectivity index (χ1) is 13.6. The Morgan fingerprint density at radius 2 is 1.89 bits per heavy atom. The molecular weight excluding hydrogens is 362 g/mol. The summed E-state index contributed by atoms with van der Waals surface area (Å²) in [7, 11) is 0. The van der Waals surface area contributed by atoms with Crippen LogP contribution in [0.3, 0.4) is 0 Å². The second-order valence-electron chi connectivity index (χ2n) is 6.75. The smallest absolute Gasteiger partial charge is 0.167 e. The summed E-state index contributed by atoms with van der Waals surface area (Å²) in [5, 5.41) is 29.7. The van der Waals surface area contributed by atoms with Crippen molar-refractivity contribution in [2.24, 2.45) is 0 Å². The lowest BCUT2D eigenvalue weighted by atomic mass is 10.1. The number of aliphatic hydroxyl groups is 3. The first kappa shape index (κ1) is 18.8. The van der Waals surface area contributed by atoms with Crippen LogP contribution in [0.2, 0.25) is 0 Å². The zero-order valence-corrected chi connectivity index (χ0v) is 15.5. The summed E-state index contributed by atoms with van der Waals surface area (Å²) in [5.41, 5.74) is 2.23. The van der Waals surface area contributed by atoms with E-state index in [-0.39, 0.29) is 6.61 Å². The third-order valence-electron chi connectivity index (χ3n) is 5.03. The van der Waals surface area contributed by atoms with Crippen molar-refractivity contribution in [3.05, 3.63) is 48.5 Å². The minimum atomic E-state index is -1.19. The molecule has 0 unspecified atom stereocenters. The molecule has 0 radical (unpaired) electrons. The monoisotopic (exact) mass is 385 g/mol. The van der Waals surface area contributed by atoms with E-state index in [0.29, 0.717) is 23.5 Å². The highest BCUT2D eigenvalue weighted by atomic mass is 16.6. The van der Waals surface area contributed by atoms with Crippen LogP contribution in [0.4, 0.5) is 5.82 Å². The molecule has 3 heterocycles. The van der Waals surface area contributed by atoms with Gasteiger partial charge in [-0.3, -0.25) is 4.57 Å². The number of aromatic nitrogens is 4. The van der Waals surface area contributed by atoms with Gasteiger partial charge in [-0.2, -0.15) is 0 Å². The van der Waals surface area contributed by atoms with Gasteiger partial charge in [0.2, 0.25) is 0 Å². The first-order valence-electron chi connectivity index (χ1n) is 9.23. The Morgan fingerprint density at radius 3 is 2.57 bits per heavy atom. The summed E-state index contributed by atoms with van der Waals surface area (Å²) in [6.07, 6.45) is -1.16. The standard InChI is InChI=1S/C19H23N5O4/c1-2-23(8-12-6-4-3-5-7-12)17-14-18(21-10-20-17)24(11-22-14)19-16(27)15(26)13(9-25)28-19/h3-7,10-11,13,15-16,19,25-27H,2,8-9H2,1H3/t13-,15+,16+,19-/m1/s1. The number of nitrogens with zero attached hydrogens (tertiary/aromatic N) is 5. The molecule has 3 N–H and O–H groups in total. The average Bonchev–Trinajstić information content (AvgIpc) is 3.28. The van der Waals surface area contributed by atoms with Gasteiger partial charge in [-0.1, -0.05) is 30.3 Å². The highest BCUT2D eigenvalue weighted by molar-refractivity contribution is 5.83. The molecule has 1 fully saturated rings. The van der Waals surface area contributed by atoms with Crippen molar-refractivity contribution in [3.63, 3.8) is 0 Å². The number of rotatable bonds is 6. The number of imidazole rings is 1. The molecule has 9 nitrogen and oxygen atoms in total. The van der Waals surface area contributed by atoms with Crippen LogP contribution in [0.5, 0.6) is 0 Å². The lowest BCUT2D eigenvalue weighted by Crippen LogP contribution is -2.33. The minimum Gasteiger partial charge on any atom is -0.394 e. The number of anilines is 1. The second-order valence-corrected chi connectivity index (χ2v) is 6.75. The number of hydrogen-bond donors (Lipinski definition) is 3. The van der Waals surface area contributed by atoms with Gasteiger partial charge in [-0.25, -0.2) is 15.0 Å². The molecule has 1 aliphatic rings. The number of ether oxygens (including phenoxy) is 1. The molecule has 2 aromatic heterocycles. The van der Waals surface area contributed by atoms with Gasteiger partial charge >= 0.3 is 0 Å². The Bertz CT molecular complexity index is 934. The summed E-state index contributed by atoms with van der Waals surface area (Å²) < 4.78 is 7.18. The Kier molecular flexibility index (Phi) is 5.23. The van der Waals surface area contributed by atoms with Crippen LogP contribution in [0.15, 0.2) is 43.0 Å². The Balaban J connectivity index is 1.69. The summed E-state index contributed by atoms with van der Waals surface area (Å²) in [4.78, 5) is 15.3. The predicted octanol–water partition coefficient (Wildman–Crippen LogP) is 0.464. The van der Waals surface area contributed by atoms with E-state index in [1.165, 1.54) is 12.7 Å². The van der Waals surface area contributed by atoms with Gasteiger partial charge in [0.1, 0.15) is 24.6 Å². The van der Waals surface area contributed by atoms with E-state index in [4.69, 9.17) is 4.74 Å². The highest BCUT2D eigenvalue weighted by Crippen LogP contribution is 2.32. The molecule has 0 spiro atoms. The van der Waals surface area contributed by atoms with Crippen LogP contribution < -0.4 is 4.90 Å². The maximum atomic E-state index is 10.3. The largest absolute Gasteiger partial charge is 0.394 e. The van der Waals surface area contributed by atoms with E-state index < -0.39 is 24.5 Å². The van der Waals surface area contributed by atoms with Crippen LogP contribution in [-0.2, 0) is 11.3 Å². The van der Waals surface area contributed by atoms with Gasteiger partial charge in [0.15, 0.2) is 23.2 Å². The quantitative estimate of drug-likeness (QED) is 0.560. The van der Waals surface area contributed by atoms with E-state index in [1.807, 2.05) is 25.1 Å². The zero-order valence-electron chi connectivity index (χ0n) is 15.5. The summed E-state index contributed by atoms with van der Waals surface area (Å²) in [6, 6.07) is 10.1. The molecule has 9 heteroatoms. The molecule has 1 aromatic carbocycles. The summed E-state index contributed by atoms with van der Waals surface area (Å²) in [6.45, 7) is 3.05. The van der Waals surface area contributed by atoms with E-state index in [9.17, 15) is 15.3 Å². The van der Waals surface area contributed by atoms with Crippen molar-refractivity contribution in [3.8, 4) is 0 Å². The lowest BCUT2D eigenvalue weighted by Gasteiger charge is -2.22.